The Hall–Kier alpha value is -2.63. The average molecular weight is 369 g/mol. The van der Waals surface area contributed by atoms with E-state index in [1.165, 1.54) is 17.2 Å². The summed E-state index contributed by atoms with van der Waals surface area (Å²) in [5.74, 6) is 0.417. The Kier molecular flexibility index (Phi) is 4.72. The second-order valence-electron chi connectivity index (χ2n) is 7.24. The molecule has 2 aromatic heterocycles. The highest BCUT2D eigenvalue weighted by Gasteiger charge is 2.26. The van der Waals surface area contributed by atoms with E-state index in [2.05, 4.69) is 33.2 Å². The van der Waals surface area contributed by atoms with Crippen molar-refractivity contribution < 1.29 is 13.9 Å². The molecule has 0 bridgehead atoms. The van der Waals surface area contributed by atoms with Gasteiger partial charge in [0.1, 0.15) is 18.9 Å². The Labute approximate surface area is 158 Å². The monoisotopic (exact) mass is 369 g/mol. The third kappa shape index (κ3) is 3.75. The van der Waals surface area contributed by atoms with Crippen LogP contribution in [0.5, 0.6) is 11.6 Å². The summed E-state index contributed by atoms with van der Waals surface area (Å²) in [5, 5.41) is 0. The van der Waals surface area contributed by atoms with E-state index in [-0.39, 0.29) is 11.9 Å². The molecule has 0 spiro atoms. The predicted molar refractivity (Wildman–Crippen MR) is 100 cm³/mol. The van der Waals surface area contributed by atoms with Crippen LogP contribution in [0, 0.1) is 19.7 Å². The molecule has 0 aliphatic carbocycles. The molecule has 4 heterocycles. The largest absolute Gasteiger partial charge is 0.484 e. The molecule has 2 aliphatic heterocycles. The number of fused-ring (bicyclic) bond motifs is 1. The van der Waals surface area contributed by atoms with E-state index >= 15 is 0 Å². The third-order valence-electron chi connectivity index (χ3n) is 5.02. The van der Waals surface area contributed by atoms with Crippen LogP contribution >= 0.6 is 0 Å². The fraction of sp³-hybridized carbons (Fsp3) is 0.429. The van der Waals surface area contributed by atoms with Crippen molar-refractivity contribution in [3.63, 3.8) is 0 Å². The van der Waals surface area contributed by atoms with Gasteiger partial charge in [-0.3, -0.25) is 4.98 Å². The molecule has 2 aliphatic rings. The van der Waals surface area contributed by atoms with Crippen molar-refractivity contribution >= 4 is 0 Å². The summed E-state index contributed by atoms with van der Waals surface area (Å²) in [6.45, 7) is 7.73. The summed E-state index contributed by atoms with van der Waals surface area (Å²) in [6, 6.07) is 5.47. The molecule has 27 heavy (non-hydrogen) atoms. The number of hydrogen-bond acceptors (Lipinski definition) is 5. The number of aromatic nitrogens is 2. The fourth-order valence-corrected chi connectivity index (χ4v) is 3.78. The quantitative estimate of drug-likeness (QED) is 0.818. The Bertz CT molecular complexity index is 877. The van der Waals surface area contributed by atoms with Crippen LogP contribution < -0.4 is 9.47 Å². The molecule has 0 N–H and O–H groups in total. The first-order valence-corrected chi connectivity index (χ1v) is 9.35. The molecular weight excluding hydrogens is 345 g/mol. The van der Waals surface area contributed by atoms with Gasteiger partial charge >= 0.3 is 0 Å². The highest BCUT2D eigenvalue weighted by Crippen LogP contribution is 2.34. The molecule has 0 saturated heterocycles. The van der Waals surface area contributed by atoms with Gasteiger partial charge < -0.3 is 14.4 Å². The Balaban J connectivity index is 1.52. The smallest absolute Gasteiger partial charge is 0.257 e. The summed E-state index contributed by atoms with van der Waals surface area (Å²) in [6.07, 6.45) is 4.01. The lowest BCUT2D eigenvalue weighted by Gasteiger charge is -2.26. The van der Waals surface area contributed by atoms with Gasteiger partial charge in [0.25, 0.3) is 5.88 Å². The fourth-order valence-electron chi connectivity index (χ4n) is 3.78. The third-order valence-corrected chi connectivity index (χ3v) is 5.02. The molecule has 0 amide bonds. The van der Waals surface area contributed by atoms with Gasteiger partial charge in [0, 0.05) is 24.0 Å². The molecule has 0 radical (unpaired) electrons. The van der Waals surface area contributed by atoms with Gasteiger partial charge in [-0.15, -0.1) is 0 Å². The van der Waals surface area contributed by atoms with Crippen molar-refractivity contribution in [1.29, 1.82) is 0 Å². The maximum absolute atomic E-state index is 14.6. The molecule has 0 fully saturated rings. The zero-order chi connectivity index (χ0) is 19.0. The van der Waals surface area contributed by atoms with Crippen LogP contribution in [-0.2, 0) is 6.42 Å². The first-order valence-electron chi connectivity index (χ1n) is 9.35. The van der Waals surface area contributed by atoms with Crippen molar-refractivity contribution in [2.45, 2.75) is 39.7 Å². The Morgan fingerprint density at radius 1 is 1.11 bits per heavy atom. The van der Waals surface area contributed by atoms with Crippen LogP contribution in [0.25, 0.3) is 0 Å². The van der Waals surface area contributed by atoms with Gasteiger partial charge in [-0.2, -0.15) is 0 Å². The minimum Gasteiger partial charge on any atom is -0.484 e. The van der Waals surface area contributed by atoms with E-state index < -0.39 is 0 Å². The minimum atomic E-state index is -0.353. The average Bonchev–Trinajstić information content (AvgIpc) is 3.08. The van der Waals surface area contributed by atoms with Gasteiger partial charge in [-0.05, 0) is 63.1 Å². The molecule has 1 unspecified atom stereocenters. The summed E-state index contributed by atoms with van der Waals surface area (Å²) in [7, 11) is 0. The van der Waals surface area contributed by atoms with Gasteiger partial charge in [0.2, 0.25) is 0 Å². The molecular formula is C21H24FN3O2. The maximum atomic E-state index is 14.6. The summed E-state index contributed by atoms with van der Waals surface area (Å²) in [5.41, 5.74) is 5.08. The molecule has 1 atom stereocenters. The molecule has 5 nitrogen and oxygen atoms in total. The lowest BCUT2D eigenvalue weighted by Crippen LogP contribution is -2.23. The van der Waals surface area contributed by atoms with Crippen LogP contribution in [0.4, 0.5) is 4.39 Å². The lowest BCUT2D eigenvalue weighted by atomic mass is 10.0. The van der Waals surface area contributed by atoms with Crippen molar-refractivity contribution in [3.05, 3.63) is 58.4 Å². The van der Waals surface area contributed by atoms with E-state index in [4.69, 9.17) is 9.47 Å². The van der Waals surface area contributed by atoms with E-state index in [1.54, 1.807) is 0 Å². The van der Waals surface area contributed by atoms with Crippen molar-refractivity contribution in [1.82, 2.24) is 14.9 Å². The van der Waals surface area contributed by atoms with Gasteiger partial charge in [-0.25, -0.2) is 9.37 Å². The number of halogens is 1. The van der Waals surface area contributed by atoms with Crippen LogP contribution in [0.3, 0.4) is 0 Å². The van der Waals surface area contributed by atoms with E-state index in [9.17, 15) is 4.39 Å². The first kappa shape index (κ1) is 17.8. The first-order chi connectivity index (χ1) is 13.0. The van der Waals surface area contributed by atoms with E-state index in [0.29, 0.717) is 30.5 Å². The molecule has 2 aromatic rings. The molecule has 0 saturated carbocycles. The molecule has 4 rings (SSSR count). The standard InChI is InChI=1S/C21H24FN3O2/c1-13-8-17(9-14(2)23-13)10-16-4-5-25(12-16)15(3)20-18(22)11-19-21(24-20)27-7-6-26-19/h8-9,11-12,15H,4-7,10H2,1-3H3. The predicted octanol–water partition coefficient (Wildman–Crippen LogP) is 3.90. The van der Waals surface area contributed by atoms with Gasteiger partial charge in [0.05, 0.1) is 6.04 Å². The zero-order valence-corrected chi connectivity index (χ0v) is 16.0. The molecule has 6 heteroatoms. The topological polar surface area (TPSA) is 47.5 Å². The summed E-state index contributed by atoms with van der Waals surface area (Å²) in [4.78, 5) is 11.0. The van der Waals surface area contributed by atoms with Crippen molar-refractivity contribution in [2.75, 3.05) is 19.8 Å². The number of nitrogens with zero attached hydrogens (tertiary/aromatic N) is 3. The van der Waals surface area contributed by atoms with Gasteiger partial charge in [-0.1, -0.05) is 0 Å². The zero-order valence-electron chi connectivity index (χ0n) is 16.0. The number of ether oxygens (including phenoxy) is 2. The highest BCUT2D eigenvalue weighted by molar-refractivity contribution is 5.38. The second kappa shape index (κ2) is 7.18. The van der Waals surface area contributed by atoms with Crippen molar-refractivity contribution in [2.24, 2.45) is 0 Å². The SMILES string of the molecule is Cc1cc(CC2=CN(C(C)c3nc4c(cc3F)OCCO4)CC2)cc(C)n1. The molecule has 142 valence electrons. The van der Waals surface area contributed by atoms with Crippen LogP contribution in [0.1, 0.15) is 42.0 Å². The molecule has 0 aromatic carbocycles. The lowest BCUT2D eigenvalue weighted by molar-refractivity contribution is 0.161. The highest BCUT2D eigenvalue weighted by atomic mass is 19.1. The van der Waals surface area contributed by atoms with E-state index in [1.807, 2.05) is 20.8 Å². The summed E-state index contributed by atoms with van der Waals surface area (Å²) >= 11 is 0. The maximum Gasteiger partial charge on any atom is 0.257 e. The second-order valence-corrected chi connectivity index (χ2v) is 7.24. The number of aryl methyl sites for hydroxylation is 2. The van der Waals surface area contributed by atoms with Crippen molar-refractivity contribution in [3.8, 4) is 11.6 Å². The summed E-state index contributed by atoms with van der Waals surface area (Å²) < 4.78 is 25.5. The van der Waals surface area contributed by atoms with Gasteiger partial charge in [0.15, 0.2) is 11.6 Å². The number of pyridine rings is 2. The van der Waals surface area contributed by atoms with Crippen LogP contribution in [-0.4, -0.2) is 34.6 Å². The number of rotatable bonds is 4. The Morgan fingerprint density at radius 3 is 2.63 bits per heavy atom. The Morgan fingerprint density at radius 2 is 1.85 bits per heavy atom. The number of hydrogen-bond donors (Lipinski definition) is 0. The van der Waals surface area contributed by atoms with Crippen LogP contribution in [0.2, 0.25) is 0 Å². The van der Waals surface area contributed by atoms with Crippen LogP contribution in [0.15, 0.2) is 30.0 Å². The van der Waals surface area contributed by atoms with E-state index in [0.717, 1.165) is 30.8 Å². The normalized spacial score (nSPS) is 17.0. The minimum absolute atomic E-state index is 0.167.